The molecule has 0 aliphatic carbocycles. The van der Waals surface area contributed by atoms with Crippen molar-refractivity contribution in [3.8, 4) is 0 Å². The molecule has 1 saturated heterocycles. The van der Waals surface area contributed by atoms with Gasteiger partial charge in [-0.15, -0.1) is 0 Å². The molecule has 1 aromatic heterocycles. The Kier molecular flexibility index (Phi) is 3.14. The van der Waals surface area contributed by atoms with Crippen LogP contribution in [0.1, 0.15) is 13.2 Å². The summed E-state index contributed by atoms with van der Waals surface area (Å²) in [6.07, 6.45) is -0.658. The van der Waals surface area contributed by atoms with E-state index in [-0.39, 0.29) is 18.3 Å². The Morgan fingerprint density at radius 1 is 1.65 bits per heavy atom. The van der Waals surface area contributed by atoms with Gasteiger partial charge in [0.15, 0.2) is 0 Å². The van der Waals surface area contributed by atoms with Gasteiger partial charge < -0.3 is 20.7 Å². The first-order chi connectivity index (χ1) is 8.04. The first kappa shape index (κ1) is 12.0. The first-order valence-electron chi connectivity index (χ1n) is 5.33. The molecule has 7 nitrogen and oxygen atoms in total. The summed E-state index contributed by atoms with van der Waals surface area (Å²) in [5.41, 5.74) is 4.85. The number of hydrogen-bond donors (Lipinski definition) is 3. The largest absolute Gasteiger partial charge is 0.394 e. The highest BCUT2D eigenvalue weighted by atomic mass is 16.5. The zero-order chi connectivity index (χ0) is 12.6. The van der Waals surface area contributed by atoms with Gasteiger partial charge in [-0.25, -0.2) is 4.79 Å². The molecule has 2 heterocycles. The fourth-order valence-corrected chi connectivity index (χ4v) is 1.98. The molecule has 1 fully saturated rings. The maximum absolute atomic E-state index is 11.6. The summed E-state index contributed by atoms with van der Waals surface area (Å²) in [6, 6.07) is 1.48. The third-order valence-electron chi connectivity index (χ3n) is 2.99. The number of rotatable bonds is 2. The summed E-state index contributed by atoms with van der Waals surface area (Å²) in [5, 5.41) is 18.8. The van der Waals surface area contributed by atoms with Crippen LogP contribution in [0.15, 0.2) is 17.1 Å². The lowest BCUT2D eigenvalue weighted by atomic mass is 10.0. The van der Waals surface area contributed by atoms with Crippen LogP contribution >= 0.6 is 0 Å². The second-order valence-corrected chi connectivity index (χ2v) is 4.14. The summed E-state index contributed by atoms with van der Waals surface area (Å²) >= 11 is 0. The Hall–Kier alpha value is -1.44. The molecule has 1 aliphatic rings. The minimum atomic E-state index is -0.811. The van der Waals surface area contributed by atoms with Crippen LogP contribution in [-0.4, -0.2) is 38.6 Å². The van der Waals surface area contributed by atoms with Crippen LogP contribution in [-0.2, 0) is 4.74 Å². The number of aliphatic hydroxyl groups is 2. The van der Waals surface area contributed by atoms with E-state index in [1.165, 1.54) is 16.8 Å². The van der Waals surface area contributed by atoms with Gasteiger partial charge in [-0.2, -0.15) is 4.98 Å². The van der Waals surface area contributed by atoms with E-state index in [4.69, 9.17) is 15.6 Å². The molecule has 0 spiro atoms. The standard InChI is InChI=1S/C10H15N3O4/c1-5-8(15)6(4-14)17-9(5)13-3-2-7(11)12-10(13)16/h2-3,5-6,8-9,14-15H,4H2,1H3,(H2,11,12,16)/t5-,6-,8+,9?/m1/s1. The van der Waals surface area contributed by atoms with Crippen LogP contribution in [0.5, 0.6) is 0 Å². The van der Waals surface area contributed by atoms with E-state index in [1.807, 2.05) is 0 Å². The Labute approximate surface area is 97.5 Å². The molecule has 0 bridgehead atoms. The van der Waals surface area contributed by atoms with E-state index in [9.17, 15) is 9.90 Å². The quantitative estimate of drug-likeness (QED) is 0.594. The van der Waals surface area contributed by atoms with Gasteiger partial charge in [0.05, 0.1) is 12.7 Å². The first-order valence-corrected chi connectivity index (χ1v) is 5.33. The molecule has 1 unspecified atom stereocenters. The zero-order valence-electron chi connectivity index (χ0n) is 9.35. The van der Waals surface area contributed by atoms with E-state index >= 15 is 0 Å². The average Bonchev–Trinajstić information content (AvgIpc) is 2.57. The summed E-state index contributed by atoms with van der Waals surface area (Å²) < 4.78 is 6.69. The molecule has 0 saturated carbocycles. The number of anilines is 1. The maximum atomic E-state index is 11.6. The van der Waals surface area contributed by atoms with Crippen LogP contribution < -0.4 is 11.4 Å². The molecule has 0 amide bonds. The monoisotopic (exact) mass is 241 g/mol. The molecule has 1 aromatic rings. The number of hydrogen-bond acceptors (Lipinski definition) is 6. The molecule has 7 heteroatoms. The molecular formula is C10H15N3O4. The van der Waals surface area contributed by atoms with Crippen molar-refractivity contribution < 1.29 is 14.9 Å². The predicted octanol–water partition coefficient (Wildman–Crippen LogP) is -1.29. The zero-order valence-corrected chi connectivity index (χ0v) is 9.35. The molecule has 4 atom stereocenters. The third kappa shape index (κ3) is 2.04. The Balaban J connectivity index is 2.32. The maximum Gasteiger partial charge on any atom is 0.351 e. The highest BCUT2D eigenvalue weighted by Crippen LogP contribution is 2.33. The fraction of sp³-hybridized carbons (Fsp3) is 0.600. The van der Waals surface area contributed by atoms with E-state index in [2.05, 4.69) is 4.98 Å². The van der Waals surface area contributed by atoms with Gasteiger partial charge in [-0.3, -0.25) is 4.57 Å². The lowest BCUT2D eigenvalue weighted by molar-refractivity contribution is -0.0476. The number of aliphatic hydroxyl groups excluding tert-OH is 2. The van der Waals surface area contributed by atoms with E-state index in [0.29, 0.717) is 0 Å². The van der Waals surface area contributed by atoms with E-state index < -0.39 is 24.1 Å². The predicted molar refractivity (Wildman–Crippen MR) is 59.1 cm³/mol. The molecule has 17 heavy (non-hydrogen) atoms. The van der Waals surface area contributed by atoms with Gasteiger partial charge in [0.2, 0.25) is 0 Å². The summed E-state index contributed by atoms with van der Waals surface area (Å²) in [7, 11) is 0. The SMILES string of the molecule is C[C@H]1C(n2ccc(N)nc2=O)O[C@H](CO)[C@H]1O. The minimum Gasteiger partial charge on any atom is -0.394 e. The van der Waals surface area contributed by atoms with Crippen molar-refractivity contribution >= 4 is 5.82 Å². The highest BCUT2D eigenvalue weighted by molar-refractivity contribution is 5.23. The van der Waals surface area contributed by atoms with Crippen LogP contribution in [0.4, 0.5) is 5.82 Å². The van der Waals surface area contributed by atoms with Crippen molar-refractivity contribution in [2.75, 3.05) is 12.3 Å². The second kappa shape index (κ2) is 4.44. The van der Waals surface area contributed by atoms with Crippen LogP contribution in [0, 0.1) is 5.92 Å². The molecule has 1 aliphatic heterocycles. The van der Waals surface area contributed by atoms with Gasteiger partial charge in [0, 0.05) is 12.1 Å². The van der Waals surface area contributed by atoms with Gasteiger partial charge in [0.1, 0.15) is 18.1 Å². The van der Waals surface area contributed by atoms with Gasteiger partial charge in [-0.1, -0.05) is 6.92 Å². The van der Waals surface area contributed by atoms with Crippen LogP contribution in [0.3, 0.4) is 0 Å². The van der Waals surface area contributed by atoms with Gasteiger partial charge in [0.25, 0.3) is 0 Å². The molecular weight excluding hydrogens is 226 g/mol. The molecule has 94 valence electrons. The van der Waals surface area contributed by atoms with Gasteiger partial charge in [-0.05, 0) is 6.07 Å². The summed E-state index contributed by atoms with van der Waals surface area (Å²) in [4.78, 5) is 15.2. The second-order valence-electron chi connectivity index (χ2n) is 4.14. The number of nitrogens with two attached hydrogens (primary N) is 1. The molecule has 4 N–H and O–H groups in total. The molecule has 2 rings (SSSR count). The van der Waals surface area contributed by atoms with Crippen molar-refractivity contribution in [2.24, 2.45) is 5.92 Å². The normalized spacial score (nSPS) is 32.9. The van der Waals surface area contributed by atoms with Crippen molar-refractivity contribution in [1.29, 1.82) is 0 Å². The summed E-state index contributed by atoms with van der Waals surface area (Å²) in [6.45, 7) is 1.45. The number of nitrogens with zero attached hydrogens (tertiary/aromatic N) is 2. The number of aromatic nitrogens is 2. The molecule has 0 aromatic carbocycles. The summed E-state index contributed by atoms with van der Waals surface area (Å²) in [5.74, 6) is -0.175. The van der Waals surface area contributed by atoms with Crippen molar-refractivity contribution in [3.63, 3.8) is 0 Å². The smallest absolute Gasteiger partial charge is 0.351 e. The minimum absolute atomic E-state index is 0.135. The fourth-order valence-electron chi connectivity index (χ4n) is 1.98. The van der Waals surface area contributed by atoms with Crippen LogP contribution in [0.2, 0.25) is 0 Å². The lowest BCUT2D eigenvalue weighted by Gasteiger charge is -2.17. The number of ether oxygens (including phenoxy) is 1. The lowest BCUT2D eigenvalue weighted by Crippen LogP contribution is -2.30. The van der Waals surface area contributed by atoms with E-state index in [1.54, 1.807) is 6.92 Å². The van der Waals surface area contributed by atoms with Crippen molar-refractivity contribution in [2.45, 2.75) is 25.4 Å². The average molecular weight is 241 g/mol. The molecule has 0 radical (unpaired) electrons. The van der Waals surface area contributed by atoms with Crippen molar-refractivity contribution in [3.05, 3.63) is 22.7 Å². The highest BCUT2D eigenvalue weighted by Gasteiger charge is 2.41. The van der Waals surface area contributed by atoms with E-state index in [0.717, 1.165) is 0 Å². The van der Waals surface area contributed by atoms with Gasteiger partial charge >= 0.3 is 5.69 Å². The Morgan fingerprint density at radius 3 is 2.88 bits per heavy atom. The van der Waals surface area contributed by atoms with Crippen molar-refractivity contribution in [1.82, 2.24) is 9.55 Å². The van der Waals surface area contributed by atoms with Crippen LogP contribution in [0.25, 0.3) is 0 Å². The third-order valence-corrected chi connectivity index (χ3v) is 2.99. The Bertz CT molecular complexity index is 461. The topological polar surface area (TPSA) is 111 Å². The Morgan fingerprint density at radius 2 is 2.35 bits per heavy atom. The number of nitrogen functional groups attached to an aromatic ring is 1.